The Hall–Kier alpha value is -7.83. The van der Waals surface area contributed by atoms with Crippen molar-refractivity contribution in [3.63, 3.8) is 0 Å². The number of allylic oxidation sites excluding steroid dienone is 5. The van der Waals surface area contributed by atoms with E-state index in [1.165, 1.54) is 13.8 Å². The third-order valence-corrected chi connectivity index (χ3v) is 14.0. The molecule has 398 valence electrons. The zero-order valence-corrected chi connectivity index (χ0v) is 44.9. The molecule has 3 aliphatic rings. The van der Waals surface area contributed by atoms with Gasteiger partial charge in [-0.2, -0.15) is 50.1 Å². The van der Waals surface area contributed by atoms with Crippen LogP contribution in [-0.2, 0) is 42.2 Å². The van der Waals surface area contributed by atoms with Gasteiger partial charge in [-0.25, -0.2) is 0 Å². The maximum atomic E-state index is 14.2. The number of rotatable bonds is 13. The fourth-order valence-electron chi connectivity index (χ4n) is 9.67. The van der Waals surface area contributed by atoms with E-state index in [4.69, 9.17) is 9.84 Å². The molecule has 3 atom stereocenters. The smallest absolute Gasteiger partial charge is 0.676 e. The molecule has 2 N–H and O–H groups in total. The number of carbonyl (C=O) groups is 1. The van der Waals surface area contributed by atoms with Gasteiger partial charge in [0.1, 0.15) is 24.7 Å². The van der Waals surface area contributed by atoms with Crippen molar-refractivity contribution in [1.29, 1.82) is 0 Å². The summed E-state index contributed by atoms with van der Waals surface area (Å²) in [4.78, 5) is 15.3. The number of aliphatic hydroxyl groups is 2. The van der Waals surface area contributed by atoms with Gasteiger partial charge in [0.15, 0.2) is 5.78 Å². The van der Waals surface area contributed by atoms with E-state index in [2.05, 4.69) is 42.2 Å². The molecule has 2 aliphatic carbocycles. The maximum absolute atomic E-state index is 14.2. The minimum Gasteiger partial charge on any atom is -0.676 e. The minimum absolute atomic E-state index is 0. The Morgan fingerprint density at radius 3 is 1.86 bits per heavy atom. The normalized spacial score (nSPS) is 17.7. The van der Waals surface area contributed by atoms with E-state index in [0.29, 0.717) is 50.5 Å². The van der Waals surface area contributed by atoms with Crippen LogP contribution in [-0.4, -0.2) is 46.5 Å². The standard InChI is InChI=1S/C24H18F3N.C24H19F3N.C17H16O4.Ir/c1-4-15-11-13-22(28-21(15)5-2)16-10-12-18-17-8-6-7-9-19(17)23(3,20(18)14-16)24(25,26)27;1-3-4-7-16-10-13-22(28-15-16)17-11-12-19-18-8-5-6-9-20(18)23(2,21(19)14-17)24(25,26)27;18-11-15(19)10-16(20)12-21-17-8-6-14(7-9-17)13-4-2-1-3-5-13;/h4-9,11-14,22H,1-2H2,3H3;3,5-6,8-10,12-15H,1,4,7H2,2H3;1-10,18,20H,11-12H2;/q-2;-1;;+3/b;;16-10-;. The quantitative estimate of drug-likeness (QED) is 0.0394. The Morgan fingerprint density at radius 2 is 1.31 bits per heavy atom. The Labute approximate surface area is 463 Å². The fourth-order valence-corrected chi connectivity index (χ4v) is 9.67. The molecule has 13 heteroatoms. The molecule has 0 bridgehead atoms. The third-order valence-electron chi connectivity index (χ3n) is 14.0. The van der Waals surface area contributed by atoms with Crippen molar-refractivity contribution < 1.29 is 66.2 Å². The van der Waals surface area contributed by atoms with Gasteiger partial charge in [0.25, 0.3) is 0 Å². The molecule has 1 aromatic heterocycles. The first-order valence-electron chi connectivity index (χ1n) is 24.6. The summed E-state index contributed by atoms with van der Waals surface area (Å²) in [5, 5.41) is 22.6. The van der Waals surface area contributed by atoms with Gasteiger partial charge in [-0.15, -0.1) is 59.3 Å². The first kappa shape index (κ1) is 57.9. The van der Waals surface area contributed by atoms with Crippen molar-refractivity contribution >= 4 is 5.78 Å². The van der Waals surface area contributed by atoms with Crippen molar-refractivity contribution in [3.8, 4) is 50.4 Å². The SMILES string of the molecule is C=CC1=C(C=C)[N-]C(c2[c-]cc3c(c2)C(C)(C(F)(F)F)c2ccccc2-3)C=C1.C=CCCc1ccc(-c2[c-]cc3c(c2)C(C)(C(F)(F)F)c2ccccc2-3)nc1.O=C(/C=C(\O)COc1ccc(-c2ccccc2)cc1)CO.[Ir+3]. The minimum atomic E-state index is -4.42. The fraction of sp³-hybridized carbons (Fsp3) is 0.169. The summed E-state index contributed by atoms with van der Waals surface area (Å²) in [5.74, 6) is -0.192. The van der Waals surface area contributed by atoms with E-state index in [-0.39, 0.29) is 54.7 Å². The number of hydrogen-bond donors (Lipinski definition) is 2. The zero-order chi connectivity index (χ0) is 55.1. The van der Waals surface area contributed by atoms with Crippen molar-refractivity contribution in [1.82, 2.24) is 4.98 Å². The van der Waals surface area contributed by atoms with Gasteiger partial charge in [-0.3, -0.25) is 4.79 Å². The van der Waals surface area contributed by atoms with Gasteiger partial charge < -0.3 is 25.3 Å². The second-order valence-corrected chi connectivity index (χ2v) is 18.7. The second-order valence-electron chi connectivity index (χ2n) is 18.7. The average molecular weight is 1230 g/mol. The summed E-state index contributed by atoms with van der Waals surface area (Å²) in [6.07, 6.45) is 4.43. The number of aliphatic hydroxyl groups excluding tert-OH is 2. The number of fused-ring (bicyclic) bond motifs is 6. The van der Waals surface area contributed by atoms with Crippen molar-refractivity contribution in [2.75, 3.05) is 13.2 Å². The summed E-state index contributed by atoms with van der Waals surface area (Å²) < 4.78 is 90.5. The van der Waals surface area contributed by atoms with Crippen LogP contribution < -0.4 is 4.74 Å². The molecule has 0 saturated heterocycles. The number of ketones is 1. The van der Waals surface area contributed by atoms with E-state index in [1.807, 2.05) is 72.8 Å². The van der Waals surface area contributed by atoms with Crippen molar-refractivity contribution in [2.45, 2.75) is 55.9 Å². The van der Waals surface area contributed by atoms with Crippen LogP contribution in [0.2, 0.25) is 0 Å². The summed E-state index contributed by atoms with van der Waals surface area (Å²) in [7, 11) is 0. The number of nitrogens with zero attached hydrogens (tertiary/aromatic N) is 2. The van der Waals surface area contributed by atoms with Crippen LogP contribution in [0.4, 0.5) is 26.3 Å². The Balaban J connectivity index is 0.000000171. The van der Waals surface area contributed by atoms with Crippen LogP contribution in [0.25, 0.3) is 50.0 Å². The molecule has 0 fully saturated rings. The largest absolute Gasteiger partial charge is 3.00 e. The van der Waals surface area contributed by atoms with Crippen molar-refractivity contribution in [2.24, 2.45) is 0 Å². The molecule has 10 rings (SSSR count). The van der Waals surface area contributed by atoms with Crippen LogP contribution in [0, 0.1) is 12.1 Å². The van der Waals surface area contributed by atoms with Crippen LogP contribution in [0.5, 0.6) is 5.75 Å². The number of carbonyl (C=O) groups excluding carboxylic acids is 1. The molecule has 0 amide bonds. The van der Waals surface area contributed by atoms with Crippen LogP contribution >= 0.6 is 0 Å². The molecular weight excluding hydrogens is 1180 g/mol. The van der Waals surface area contributed by atoms with Gasteiger partial charge >= 0.3 is 32.5 Å². The van der Waals surface area contributed by atoms with Crippen LogP contribution in [0.15, 0.2) is 219 Å². The number of pyridine rings is 1. The topological polar surface area (TPSA) is 93.8 Å². The van der Waals surface area contributed by atoms with Crippen LogP contribution in [0.1, 0.15) is 59.7 Å². The maximum Gasteiger partial charge on any atom is 3.00 e. The molecule has 3 unspecified atom stereocenters. The Morgan fingerprint density at radius 1 is 0.731 bits per heavy atom. The first-order valence-corrected chi connectivity index (χ1v) is 24.6. The summed E-state index contributed by atoms with van der Waals surface area (Å²) >= 11 is 0. The average Bonchev–Trinajstić information content (AvgIpc) is 4.01. The van der Waals surface area contributed by atoms with Crippen LogP contribution in [0.3, 0.4) is 0 Å². The molecule has 0 radical (unpaired) electrons. The third kappa shape index (κ3) is 11.7. The molecule has 6 nitrogen and oxygen atoms in total. The number of benzene rings is 6. The Bertz CT molecular complexity index is 3420. The molecule has 0 spiro atoms. The van der Waals surface area contributed by atoms with Gasteiger partial charge in [0.05, 0.1) is 10.8 Å². The van der Waals surface area contributed by atoms with E-state index in [9.17, 15) is 36.2 Å². The predicted molar refractivity (Wildman–Crippen MR) is 291 cm³/mol. The number of ether oxygens (including phenoxy) is 1. The van der Waals surface area contributed by atoms with Gasteiger partial charge in [0.2, 0.25) is 0 Å². The van der Waals surface area contributed by atoms with E-state index in [1.54, 1.807) is 103 Å². The number of hydrogen-bond acceptors (Lipinski definition) is 5. The molecule has 0 saturated carbocycles. The summed E-state index contributed by atoms with van der Waals surface area (Å²) in [5.41, 5.74) is 5.87. The molecule has 6 aromatic carbocycles. The first-order chi connectivity index (χ1) is 36.9. The van der Waals surface area contributed by atoms with E-state index >= 15 is 0 Å². The predicted octanol–water partition coefficient (Wildman–Crippen LogP) is 16.2. The molecule has 1 aliphatic heterocycles. The van der Waals surface area contributed by atoms with E-state index < -0.39 is 41.6 Å². The molecule has 2 heterocycles. The van der Waals surface area contributed by atoms with Gasteiger partial charge in [-0.05, 0) is 77.9 Å². The number of aromatic nitrogens is 1. The summed E-state index contributed by atoms with van der Waals surface area (Å²) in [6.45, 7) is 13.0. The monoisotopic (exact) mass is 1230 g/mol. The van der Waals surface area contributed by atoms with Gasteiger partial charge in [-0.1, -0.05) is 163 Å². The number of aryl methyl sites for hydroxylation is 1. The number of alkyl halides is 6. The zero-order valence-electron chi connectivity index (χ0n) is 42.6. The summed E-state index contributed by atoms with van der Waals surface area (Å²) in [6, 6.07) is 47.0. The molecule has 78 heavy (non-hydrogen) atoms. The van der Waals surface area contributed by atoms with Gasteiger partial charge in [0, 0.05) is 12.3 Å². The molecular formula is C65H53F6IrN2O4. The number of halogens is 6. The second kappa shape index (κ2) is 24.2. The van der Waals surface area contributed by atoms with Crippen molar-refractivity contribution in [3.05, 3.63) is 270 Å². The molecule has 7 aromatic rings. The van der Waals surface area contributed by atoms with E-state index in [0.717, 1.165) is 41.2 Å². The Kier molecular flexibility index (Phi) is 18.0.